The minimum atomic E-state index is -0.814. The van der Waals surface area contributed by atoms with E-state index >= 15 is 0 Å². The number of hydrogen-bond acceptors (Lipinski definition) is 4. The summed E-state index contributed by atoms with van der Waals surface area (Å²) in [4.78, 5) is 27.0. The Morgan fingerprint density at radius 1 is 1.16 bits per heavy atom. The van der Waals surface area contributed by atoms with E-state index in [1.807, 2.05) is 4.90 Å². The maximum atomic E-state index is 12.4. The van der Waals surface area contributed by atoms with Gasteiger partial charge in [-0.3, -0.25) is 14.5 Å². The van der Waals surface area contributed by atoms with Gasteiger partial charge in [-0.1, -0.05) is 12.8 Å². The van der Waals surface area contributed by atoms with Gasteiger partial charge in [-0.2, -0.15) is 0 Å². The summed E-state index contributed by atoms with van der Waals surface area (Å²) in [7, 11) is 0. The molecule has 1 atom stereocenters. The standard InChI is InChI=1S/C13H23N3O3/c1-10(11(17)18)15-6-8-16(9-7-15)12(19)13(14)4-2-3-5-13/h10H,2-9,14H2,1H3,(H,17,18). The van der Waals surface area contributed by atoms with Crippen molar-refractivity contribution in [2.45, 2.75) is 44.2 Å². The highest BCUT2D eigenvalue weighted by atomic mass is 16.4. The number of piperazine rings is 1. The Balaban J connectivity index is 1.89. The number of carbonyl (C=O) groups excluding carboxylic acids is 1. The average Bonchev–Trinajstić information content (AvgIpc) is 2.85. The molecule has 1 aliphatic carbocycles. The molecule has 19 heavy (non-hydrogen) atoms. The summed E-state index contributed by atoms with van der Waals surface area (Å²) in [6.45, 7) is 4.05. The van der Waals surface area contributed by atoms with Crippen molar-refractivity contribution >= 4 is 11.9 Å². The van der Waals surface area contributed by atoms with Crippen LogP contribution in [0.5, 0.6) is 0 Å². The molecule has 1 aliphatic heterocycles. The topological polar surface area (TPSA) is 86.9 Å². The second kappa shape index (κ2) is 5.46. The summed E-state index contributed by atoms with van der Waals surface area (Å²) in [6, 6.07) is -0.490. The molecular formula is C13H23N3O3. The minimum Gasteiger partial charge on any atom is -0.480 e. The first-order valence-electron chi connectivity index (χ1n) is 6.99. The smallest absolute Gasteiger partial charge is 0.320 e. The lowest BCUT2D eigenvalue weighted by molar-refractivity contribution is -0.145. The summed E-state index contributed by atoms with van der Waals surface area (Å²) >= 11 is 0. The summed E-state index contributed by atoms with van der Waals surface area (Å²) in [5.74, 6) is -0.765. The number of carboxylic acids is 1. The first-order chi connectivity index (χ1) is 8.94. The molecule has 1 unspecified atom stereocenters. The van der Waals surface area contributed by atoms with Crippen LogP contribution in [0.3, 0.4) is 0 Å². The second-order valence-electron chi connectivity index (χ2n) is 5.71. The predicted octanol–water partition coefficient (Wildman–Crippen LogP) is -0.125. The van der Waals surface area contributed by atoms with Gasteiger partial charge in [0.2, 0.25) is 5.91 Å². The summed E-state index contributed by atoms with van der Waals surface area (Å²) in [6.07, 6.45) is 3.60. The molecule has 2 rings (SSSR count). The van der Waals surface area contributed by atoms with Crippen LogP contribution in [0, 0.1) is 0 Å². The first kappa shape index (κ1) is 14.3. The van der Waals surface area contributed by atoms with Crippen molar-refractivity contribution in [3.8, 4) is 0 Å². The van der Waals surface area contributed by atoms with Gasteiger partial charge in [-0.25, -0.2) is 0 Å². The number of aliphatic carboxylic acids is 1. The molecule has 2 aliphatic rings. The molecule has 6 heteroatoms. The van der Waals surface area contributed by atoms with E-state index in [1.54, 1.807) is 11.8 Å². The molecule has 0 spiro atoms. The number of nitrogens with two attached hydrogens (primary N) is 1. The normalized spacial score (nSPS) is 25.3. The first-order valence-corrected chi connectivity index (χ1v) is 6.99. The zero-order valence-electron chi connectivity index (χ0n) is 11.5. The van der Waals surface area contributed by atoms with E-state index in [2.05, 4.69) is 0 Å². The van der Waals surface area contributed by atoms with Crippen LogP contribution in [0.2, 0.25) is 0 Å². The Hall–Kier alpha value is -1.14. The quantitative estimate of drug-likeness (QED) is 0.745. The van der Waals surface area contributed by atoms with Crippen LogP contribution in [-0.4, -0.2) is 64.5 Å². The Bertz CT molecular complexity index is 358. The number of carbonyl (C=O) groups is 2. The van der Waals surface area contributed by atoms with E-state index in [4.69, 9.17) is 10.8 Å². The number of carboxylic acid groups (broad SMARTS) is 1. The number of amides is 1. The average molecular weight is 269 g/mol. The minimum absolute atomic E-state index is 0.0487. The highest BCUT2D eigenvalue weighted by molar-refractivity contribution is 5.86. The zero-order valence-corrected chi connectivity index (χ0v) is 11.5. The van der Waals surface area contributed by atoms with Gasteiger partial charge in [0.25, 0.3) is 0 Å². The molecule has 0 aromatic rings. The Morgan fingerprint density at radius 2 is 1.68 bits per heavy atom. The van der Waals surface area contributed by atoms with Gasteiger partial charge in [0.15, 0.2) is 0 Å². The molecule has 1 heterocycles. The van der Waals surface area contributed by atoms with Crippen LogP contribution >= 0.6 is 0 Å². The van der Waals surface area contributed by atoms with E-state index in [0.29, 0.717) is 26.2 Å². The van der Waals surface area contributed by atoms with E-state index in [9.17, 15) is 9.59 Å². The number of rotatable bonds is 3. The molecule has 0 radical (unpaired) electrons. The van der Waals surface area contributed by atoms with Crippen molar-refractivity contribution in [3.05, 3.63) is 0 Å². The molecule has 0 aromatic heterocycles. The predicted molar refractivity (Wildman–Crippen MR) is 70.6 cm³/mol. The van der Waals surface area contributed by atoms with Gasteiger partial charge >= 0.3 is 5.97 Å². The fourth-order valence-corrected chi connectivity index (χ4v) is 3.00. The lowest BCUT2D eigenvalue weighted by Gasteiger charge is -2.39. The van der Waals surface area contributed by atoms with Crippen LogP contribution in [0.1, 0.15) is 32.6 Å². The zero-order chi connectivity index (χ0) is 14.0. The largest absolute Gasteiger partial charge is 0.480 e. The molecular weight excluding hydrogens is 246 g/mol. The fraction of sp³-hybridized carbons (Fsp3) is 0.846. The number of nitrogens with zero attached hydrogens (tertiary/aromatic N) is 2. The van der Waals surface area contributed by atoms with Crippen LogP contribution in [0.25, 0.3) is 0 Å². The lowest BCUT2D eigenvalue weighted by Crippen LogP contribution is -2.59. The lowest BCUT2D eigenvalue weighted by atomic mass is 9.96. The van der Waals surface area contributed by atoms with Crippen molar-refractivity contribution in [1.29, 1.82) is 0 Å². The Morgan fingerprint density at radius 3 is 2.16 bits per heavy atom. The van der Waals surface area contributed by atoms with Crippen molar-refractivity contribution in [1.82, 2.24) is 9.80 Å². The third kappa shape index (κ3) is 2.90. The van der Waals surface area contributed by atoms with Crippen LogP contribution in [-0.2, 0) is 9.59 Å². The molecule has 1 saturated heterocycles. The fourth-order valence-electron chi connectivity index (χ4n) is 3.00. The Kier molecular flexibility index (Phi) is 4.10. The van der Waals surface area contributed by atoms with E-state index < -0.39 is 17.6 Å². The molecule has 3 N–H and O–H groups in total. The van der Waals surface area contributed by atoms with Gasteiger partial charge in [0.05, 0.1) is 5.54 Å². The molecule has 0 bridgehead atoms. The molecule has 0 aromatic carbocycles. The van der Waals surface area contributed by atoms with Gasteiger partial charge in [-0.05, 0) is 19.8 Å². The Labute approximate surface area is 113 Å². The van der Waals surface area contributed by atoms with Gasteiger partial charge in [0.1, 0.15) is 6.04 Å². The molecule has 1 saturated carbocycles. The summed E-state index contributed by atoms with van der Waals surface area (Å²) < 4.78 is 0. The van der Waals surface area contributed by atoms with Crippen LogP contribution in [0.15, 0.2) is 0 Å². The van der Waals surface area contributed by atoms with Crippen molar-refractivity contribution < 1.29 is 14.7 Å². The van der Waals surface area contributed by atoms with Gasteiger partial charge in [0, 0.05) is 26.2 Å². The van der Waals surface area contributed by atoms with E-state index in [0.717, 1.165) is 25.7 Å². The van der Waals surface area contributed by atoms with E-state index in [1.165, 1.54) is 0 Å². The molecule has 108 valence electrons. The maximum absolute atomic E-state index is 12.4. The number of hydrogen-bond donors (Lipinski definition) is 2. The molecule has 2 fully saturated rings. The molecule has 1 amide bonds. The highest BCUT2D eigenvalue weighted by Crippen LogP contribution is 2.29. The molecule has 6 nitrogen and oxygen atoms in total. The highest BCUT2D eigenvalue weighted by Gasteiger charge is 2.41. The third-order valence-corrected chi connectivity index (χ3v) is 4.43. The SMILES string of the molecule is CC(C(=O)O)N1CCN(C(=O)C2(N)CCCC2)CC1. The summed E-state index contributed by atoms with van der Waals surface area (Å²) in [5, 5.41) is 8.98. The van der Waals surface area contributed by atoms with Crippen molar-refractivity contribution in [2.75, 3.05) is 26.2 Å². The van der Waals surface area contributed by atoms with Gasteiger partial charge < -0.3 is 15.7 Å². The maximum Gasteiger partial charge on any atom is 0.320 e. The van der Waals surface area contributed by atoms with Gasteiger partial charge in [-0.15, -0.1) is 0 Å². The van der Waals surface area contributed by atoms with E-state index in [-0.39, 0.29) is 5.91 Å². The van der Waals surface area contributed by atoms with Crippen molar-refractivity contribution in [3.63, 3.8) is 0 Å². The van der Waals surface area contributed by atoms with Crippen molar-refractivity contribution in [2.24, 2.45) is 5.73 Å². The summed E-state index contributed by atoms with van der Waals surface area (Å²) in [5.41, 5.74) is 5.51. The van der Waals surface area contributed by atoms with Crippen LogP contribution in [0.4, 0.5) is 0 Å². The third-order valence-electron chi connectivity index (χ3n) is 4.43. The second-order valence-corrected chi connectivity index (χ2v) is 5.71. The van der Waals surface area contributed by atoms with Crippen LogP contribution < -0.4 is 5.73 Å². The monoisotopic (exact) mass is 269 g/mol.